The van der Waals surface area contributed by atoms with Crippen LogP contribution in [-0.4, -0.2) is 145 Å². The highest BCUT2D eigenvalue weighted by molar-refractivity contribution is 5.87. The van der Waals surface area contributed by atoms with Gasteiger partial charge in [0.05, 0.1) is 54.0 Å². The van der Waals surface area contributed by atoms with Crippen LogP contribution in [-0.2, 0) is 31.8 Å². The van der Waals surface area contributed by atoms with Gasteiger partial charge in [-0.2, -0.15) is 5.26 Å². The first-order chi connectivity index (χ1) is 41.0. The van der Waals surface area contributed by atoms with Gasteiger partial charge in [-0.05, 0) is 190 Å². The number of ether oxygens (including phenoxy) is 5. The maximum atomic E-state index is 14.0. The summed E-state index contributed by atoms with van der Waals surface area (Å²) in [6, 6.07) is 16.4. The smallest absolute Gasteiger partial charge is 0.335 e. The van der Waals surface area contributed by atoms with Gasteiger partial charge < -0.3 is 74.4 Å². The van der Waals surface area contributed by atoms with Crippen molar-refractivity contribution in [1.82, 2.24) is 9.88 Å². The number of nitrogens with one attached hydrogen (secondary N) is 1. The van der Waals surface area contributed by atoms with E-state index in [1.165, 1.54) is 0 Å². The summed E-state index contributed by atoms with van der Waals surface area (Å²) in [5.74, 6) is 2.56. The molecule has 17 heteroatoms. The summed E-state index contributed by atoms with van der Waals surface area (Å²) < 4.78 is 35.7. The number of rotatable bonds is 23. The molecule has 9 N–H and O–H groups in total. The molecular weight excluding hydrogens is 1080 g/mol. The molecule has 5 fully saturated rings. The maximum Gasteiger partial charge on any atom is 0.335 e. The van der Waals surface area contributed by atoms with Crippen LogP contribution in [0.5, 0.6) is 5.75 Å². The van der Waals surface area contributed by atoms with Crippen molar-refractivity contribution in [2.75, 3.05) is 33.5 Å². The molecule has 85 heavy (non-hydrogen) atoms. The quantitative estimate of drug-likeness (QED) is 0.0326. The van der Waals surface area contributed by atoms with Gasteiger partial charge in [-0.15, -0.1) is 6.58 Å². The van der Waals surface area contributed by atoms with Crippen LogP contribution >= 0.6 is 0 Å². The van der Waals surface area contributed by atoms with Crippen LogP contribution in [0.3, 0.4) is 0 Å². The standard InChI is InChI=1S/C68H91N3O14/c1-5-10-44-18-21-51(32-47(44)31-48(40-81-4)56(39-73)71-28-25-43(36-69)38-71)83-64-68-35-55(57(75)12-9-30-82-58(13-8-29-72)61(84-64)60(76)62(68)77)65(33-52(85-68)22-20-50(6-2)70-37-42(3)74)27-24-59-66(80,41-65)34-54-53(23-19-49-11-7-26-67(49,54)59)45-14-16-46(17-15-45)63(78)79/h5,14-18,21,25,28,32-33,38,42,48-50,53-62,64,70,72-77,80H,1,6-8,10-13,19-20,22-24,26-27,29,31,34-35,37,39-41H2,2-4H3,(H,78,79). The zero-order valence-corrected chi connectivity index (χ0v) is 49.8. The third kappa shape index (κ3) is 12.3. The first-order valence-electron chi connectivity index (χ1n) is 31.4. The van der Waals surface area contributed by atoms with Crippen LogP contribution in [0, 0.1) is 63.8 Å². The fraction of sp³-hybridized carbons (Fsp3) is 0.647. The molecule has 0 amide bonds. The Labute approximate surface area is 501 Å². The van der Waals surface area contributed by atoms with Crippen molar-refractivity contribution >= 4 is 5.97 Å². The van der Waals surface area contributed by atoms with E-state index in [1.54, 1.807) is 44.6 Å². The second kappa shape index (κ2) is 26.6. The number of aromatic nitrogens is 1. The molecule has 3 aromatic rings. The molecule has 17 nitrogen and oxygen atoms in total. The number of nitriles is 1. The van der Waals surface area contributed by atoms with E-state index in [-0.39, 0.29) is 92.6 Å². The van der Waals surface area contributed by atoms with Crippen molar-refractivity contribution in [2.45, 2.75) is 202 Å². The highest BCUT2D eigenvalue weighted by Crippen LogP contribution is 2.75. The van der Waals surface area contributed by atoms with Crippen molar-refractivity contribution in [3.63, 3.8) is 0 Å². The number of aliphatic hydroxyl groups is 7. The minimum atomic E-state index is -1.92. The van der Waals surface area contributed by atoms with Gasteiger partial charge >= 0.3 is 5.97 Å². The largest absolute Gasteiger partial charge is 0.482 e. The molecule has 3 bridgehead atoms. The Kier molecular flexibility index (Phi) is 19.6. The Balaban J connectivity index is 1.09. The Hall–Kier alpha value is -5.28. The third-order valence-electron chi connectivity index (χ3n) is 21.4. The van der Waals surface area contributed by atoms with Crippen molar-refractivity contribution in [3.05, 3.63) is 113 Å². The zero-order chi connectivity index (χ0) is 60.3. The lowest BCUT2D eigenvalue weighted by molar-refractivity contribution is -0.337. The van der Waals surface area contributed by atoms with Gasteiger partial charge in [0, 0.05) is 63.9 Å². The first-order valence-corrected chi connectivity index (χ1v) is 31.4. The van der Waals surface area contributed by atoms with E-state index in [0.717, 1.165) is 55.2 Å². The highest BCUT2D eigenvalue weighted by Gasteiger charge is 2.72. The number of aliphatic hydroxyl groups excluding tert-OH is 6. The molecule has 4 aliphatic carbocycles. The fourth-order valence-corrected chi connectivity index (χ4v) is 17.6. The van der Waals surface area contributed by atoms with E-state index >= 15 is 0 Å². The van der Waals surface area contributed by atoms with E-state index in [4.69, 9.17) is 23.7 Å². The van der Waals surface area contributed by atoms with E-state index in [0.29, 0.717) is 74.5 Å². The Bertz CT molecular complexity index is 2930. The molecule has 5 heterocycles. The number of benzene rings is 2. The van der Waals surface area contributed by atoms with Crippen LogP contribution in [0.15, 0.2) is 85.4 Å². The van der Waals surface area contributed by atoms with Gasteiger partial charge in [-0.25, -0.2) is 4.79 Å². The topological polar surface area (TPSA) is 266 Å². The number of carboxylic acid groups (broad SMARTS) is 1. The predicted molar refractivity (Wildman–Crippen MR) is 317 cm³/mol. The molecule has 2 aromatic carbocycles. The SMILES string of the molecule is C=CCc1ccc(OC2OC3C(CCCO)OC#CCC(O)C4CC2(OC(CCC(CC)NCC(C)O)=CC42CCC4C(O)(CC5C(c6ccc(C(=O)O)cc6)CCC6CCCC654)C2)C(O)C3O)cc1CC(COC)C(CO)n1ccc(C#N)c1. The summed E-state index contributed by atoms with van der Waals surface area (Å²) in [4.78, 5) is 12.0. The monoisotopic (exact) mass is 1170 g/mol. The number of fused-ring (bicyclic) bond motifs is 7. The van der Waals surface area contributed by atoms with Gasteiger partial charge in [0.2, 0.25) is 6.29 Å². The number of carboxylic acids is 1. The molecule has 1 saturated heterocycles. The number of hydrogen-bond acceptors (Lipinski definition) is 15. The molecule has 8 aliphatic rings. The van der Waals surface area contributed by atoms with Crippen LogP contribution in [0.1, 0.15) is 161 Å². The second-order valence-electron chi connectivity index (χ2n) is 26.2. The molecule has 462 valence electrons. The fourth-order valence-electron chi connectivity index (χ4n) is 17.6. The minimum absolute atomic E-state index is 0.0212. The molecule has 19 atom stereocenters. The predicted octanol–water partition coefficient (Wildman–Crippen LogP) is 7.62. The van der Waals surface area contributed by atoms with E-state index < -0.39 is 77.5 Å². The number of hydrogen-bond donors (Lipinski definition) is 9. The molecule has 1 aromatic heterocycles. The number of aromatic carboxylic acids is 1. The summed E-state index contributed by atoms with van der Waals surface area (Å²) >= 11 is 0. The summed E-state index contributed by atoms with van der Waals surface area (Å²) in [5.41, 5.74) is -0.608. The normalized spacial score (nSPS) is 35.3. The van der Waals surface area contributed by atoms with Crippen LogP contribution in [0.4, 0.5) is 0 Å². The van der Waals surface area contributed by atoms with E-state index in [2.05, 4.69) is 43.0 Å². The zero-order valence-electron chi connectivity index (χ0n) is 49.8. The van der Waals surface area contributed by atoms with Crippen molar-refractivity contribution < 1.29 is 69.3 Å². The van der Waals surface area contributed by atoms with Gasteiger partial charge in [0.1, 0.15) is 42.3 Å². The lowest BCUT2D eigenvalue weighted by Gasteiger charge is -2.56. The van der Waals surface area contributed by atoms with Gasteiger partial charge in [-0.1, -0.05) is 43.5 Å². The number of allylic oxidation sites excluding steroid dienone is 3. The van der Waals surface area contributed by atoms with Crippen LogP contribution in [0.2, 0.25) is 0 Å². The molecule has 4 saturated carbocycles. The summed E-state index contributed by atoms with van der Waals surface area (Å²) in [7, 11) is 1.61. The number of methoxy groups -OCH3 is 1. The molecule has 19 unspecified atom stereocenters. The number of carbonyl (C=O) groups is 1. The first kappa shape index (κ1) is 62.8. The molecule has 0 radical (unpaired) electrons. The average molecular weight is 1170 g/mol. The van der Waals surface area contributed by atoms with Gasteiger partial charge in [0.15, 0.2) is 5.60 Å². The Morgan fingerprint density at radius 2 is 1.86 bits per heavy atom. The van der Waals surface area contributed by atoms with Crippen molar-refractivity contribution in [3.8, 4) is 23.8 Å². The third-order valence-corrected chi connectivity index (χ3v) is 21.4. The lowest BCUT2D eigenvalue weighted by Crippen LogP contribution is -2.71. The highest BCUT2D eigenvalue weighted by atomic mass is 16.7. The summed E-state index contributed by atoms with van der Waals surface area (Å²) in [5, 5.41) is 108. The van der Waals surface area contributed by atoms with E-state index in [9.17, 15) is 50.9 Å². The van der Waals surface area contributed by atoms with Crippen LogP contribution < -0.4 is 10.1 Å². The molecule has 3 spiro atoms. The Morgan fingerprint density at radius 3 is 2.56 bits per heavy atom. The van der Waals surface area contributed by atoms with Crippen molar-refractivity contribution in [2.24, 2.45) is 40.4 Å². The molecule has 4 aliphatic heterocycles. The average Bonchev–Trinajstić information content (AvgIpc) is 1.55. The number of nitrogens with zero attached hydrogens (tertiary/aromatic N) is 2. The van der Waals surface area contributed by atoms with E-state index in [1.807, 2.05) is 41.0 Å². The van der Waals surface area contributed by atoms with Gasteiger partial charge in [0.25, 0.3) is 0 Å². The lowest BCUT2D eigenvalue weighted by atomic mass is 9.50. The van der Waals surface area contributed by atoms with Crippen LogP contribution in [0.25, 0.3) is 0 Å². The molecular formula is C68H91N3O14. The molecule has 11 rings (SSSR count). The van der Waals surface area contributed by atoms with Crippen molar-refractivity contribution in [1.29, 1.82) is 5.26 Å². The summed E-state index contributed by atoms with van der Waals surface area (Å²) in [6.45, 7) is 8.09. The Morgan fingerprint density at radius 1 is 1.05 bits per heavy atom. The van der Waals surface area contributed by atoms with Gasteiger partial charge in [-0.3, -0.25) is 0 Å². The minimum Gasteiger partial charge on any atom is -0.482 e. The summed E-state index contributed by atoms with van der Waals surface area (Å²) in [6.07, 6.45) is 11.6. The maximum absolute atomic E-state index is 14.0. The second-order valence-corrected chi connectivity index (χ2v) is 26.2.